The second-order valence-electron chi connectivity index (χ2n) is 7.50. The summed E-state index contributed by atoms with van der Waals surface area (Å²) in [6, 6.07) is 15.4. The molecule has 1 amide bonds. The van der Waals surface area contributed by atoms with Gasteiger partial charge in [-0.2, -0.15) is 0 Å². The van der Waals surface area contributed by atoms with E-state index in [-0.39, 0.29) is 17.2 Å². The lowest BCUT2D eigenvalue weighted by Crippen LogP contribution is -2.30. The van der Waals surface area contributed by atoms with E-state index in [1.807, 2.05) is 30.3 Å². The van der Waals surface area contributed by atoms with E-state index >= 15 is 0 Å². The topological polar surface area (TPSA) is 114 Å². The number of aliphatic imine (C=N–C) groups is 1. The van der Waals surface area contributed by atoms with Crippen LogP contribution in [0.3, 0.4) is 0 Å². The Morgan fingerprint density at radius 1 is 1.00 bits per heavy atom. The third-order valence-electron chi connectivity index (χ3n) is 4.99. The molecular formula is C23H24N4O4S. The van der Waals surface area contributed by atoms with E-state index in [4.69, 9.17) is 4.42 Å². The largest absolute Gasteiger partial charge is 0.444 e. The monoisotopic (exact) mass is 452 g/mol. The standard InChI is InChI=1S/C23H24N4O4S/c28-22(15-19-16-31-23(26-19)17-7-3-1-4-8-17)25-18-10-12-20(13-11-18)32(29,30)27-21-9-5-2-6-14-24-21/h1,3-4,7-8,10-13,16H,2,5-6,9,14-15H2,(H,24,27)(H,25,28). The van der Waals surface area contributed by atoms with Gasteiger partial charge in [0, 0.05) is 24.2 Å². The van der Waals surface area contributed by atoms with Crippen molar-refractivity contribution in [2.75, 3.05) is 11.9 Å². The minimum absolute atomic E-state index is 0.0394. The van der Waals surface area contributed by atoms with E-state index in [0.29, 0.717) is 36.1 Å². The maximum absolute atomic E-state index is 12.6. The van der Waals surface area contributed by atoms with Crippen LogP contribution in [-0.4, -0.2) is 31.7 Å². The molecule has 0 saturated carbocycles. The van der Waals surface area contributed by atoms with Crippen LogP contribution in [0, 0.1) is 0 Å². The first-order valence-electron chi connectivity index (χ1n) is 10.5. The van der Waals surface area contributed by atoms with Crippen molar-refractivity contribution in [3.63, 3.8) is 0 Å². The van der Waals surface area contributed by atoms with Crippen LogP contribution in [0.2, 0.25) is 0 Å². The third kappa shape index (κ3) is 5.61. The zero-order valence-corrected chi connectivity index (χ0v) is 18.3. The number of amides is 1. The van der Waals surface area contributed by atoms with E-state index in [1.165, 1.54) is 18.4 Å². The molecule has 0 unspecified atom stereocenters. The van der Waals surface area contributed by atoms with Crippen LogP contribution in [0.4, 0.5) is 5.69 Å². The lowest BCUT2D eigenvalue weighted by molar-refractivity contribution is -0.115. The summed E-state index contributed by atoms with van der Waals surface area (Å²) in [5, 5.41) is 2.75. The van der Waals surface area contributed by atoms with Gasteiger partial charge in [0.05, 0.1) is 17.0 Å². The molecule has 2 N–H and O–H groups in total. The number of hydrogen-bond acceptors (Lipinski definition) is 6. The van der Waals surface area contributed by atoms with Gasteiger partial charge in [-0.1, -0.05) is 24.6 Å². The van der Waals surface area contributed by atoms with Crippen molar-refractivity contribution < 1.29 is 17.6 Å². The second-order valence-corrected chi connectivity index (χ2v) is 9.19. The van der Waals surface area contributed by atoms with Crippen molar-refractivity contribution in [2.24, 2.45) is 4.99 Å². The van der Waals surface area contributed by atoms with E-state index in [1.54, 1.807) is 12.1 Å². The molecule has 4 rings (SSSR count). The van der Waals surface area contributed by atoms with Gasteiger partial charge in [0.2, 0.25) is 11.8 Å². The molecular weight excluding hydrogens is 428 g/mol. The minimum Gasteiger partial charge on any atom is -0.444 e. The first-order chi connectivity index (χ1) is 15.5. The smallest absolute Gasteiger partial charge is 0.262 e. The van der Waals surface area contributed by atoms with Gasteiger partial charge in [-0.05, 0) is 49.2 Å². The van der Waals surface area contributed by atoms with Gasteiger partial charge in [0.15, 0.2) is 0 Å². The van der Waals surface area contributed by atoms with Gasteiger partial charge in [-0.15, -0.1) is 0 Å². The summed E-state index contributed by atoms with van der Waals surface area (Å²) in [7, 11) is -3.71. The molecule has 3 aromatic rings. The Bertz CT molecular complexity index is 1200. The molecule has 166 valence electrons. The van der Waals surface area contributed by atoms with Gasteiger partial charge in [0.1, 0.15) is 12.1 Å². The minimum atomic E-state index is -3.71. The summed E-state index contributed by atoms with van der Waals surface area (Å²) in [4.78, 5) is 21.1. The zero-order chi connectivity index (χ0) is 22.4. The summed E-state index contributed by atoms with van der Waals surface area (Å²) in [5.74, 6) is 0.676. The summed E-state index contributed by atoms with van der Waals surface area (Å²) >= 11 is 0. The molecule has 0 saturated heterocycles. The predicted octanol–water partition coefficient (Wildman–Crippen LogP) is 3.77. The van der Waals surface area contributed by atoms with Crippen molar-refractivity contribution in [1.29, 1.82) is 0 Å². The van der Waals surface area contributed by atoms with Gasteiger partial charge >= 0.3 is 0 Å². The third-order valence-corrected chi connectivity index (χ3v) is 6.39. The zero-order valence-electron chi connectivity index (χ0n) is 17.5. The van der Waals surface area contributed by atoms with E-state index < -0.39 is 10.0 Å². The number of anilines is 1. The molecule has 1 aliphatic heterocycles. The molecule has 8 nitrogen and oxygen atoms in total. The molecule has 9 heteroatoms. The second kappa shape index (κ2) is 9.78. The SMILES string of the molecule is O=C(Cc1coc(-c2ccccc2)n1)Nc1ccc(S(=O)(=O)NC2=NCCCCC2)cc1. The number of benzene rings is 2. The quantitative estimate of drug-likeness (QED) is 0.591. The highest BCUT2D eigenvalue weighted by Crippen LogP contribution is 2.19. The van der Waals surface area contributed by atoms with E-state index in [9.17, 15) is 13.2 Å². The summed E-state index contributed by atoms with van der Waals surface area (Å²) in [6.07, 6.45) is 5.07. The molecule has 0 aliphatic carbocycles. The molecule has 0 bridgehead atoms. The fraction of sp³-hybridized carbons (Fsp3) is 0.261. The molecule has 0 spiro atoms. The highest BCUT2D eigenvalue weighted by Gasteiger charge is 2.17. The van der Waals surface area contributed by atoms with Crippen LogP contribution < -0.4 is 10.0 Å². The number of nitrogens with zero attached hydrogens (tertiary/aromatic N) is 2. The van der Waals surface area contributed by atoms with Crippen molar-refractivity contribution in [2.45, 2.75) is 37.0 Å². The van der Waals surface area contributed by atoms with Crippen molar-refractivity contribution in [1.82, 2.24) is 9.71 Å². The first kappa shape index (κ1) is 21.8. The fourth-order valence-corrected chi connectivity index (χ4v) is 4.45. The Morgan fingerprint density at radius 2 is 1.78 bits per heavy atom. The number of carbonyl (C=O) groups excluding carboxylic acids is 1. The van der Waals surface area contributed by atoms with Gasteiger partial charge in [0.25, 0.3) is 10.0 Å². The maximum Gasteiger partial charge on any atom is 0.262 e. The fourth-order valence-electron chi connectivity index (χ4n) is 3.36. The Hall–Kier alpha value is -3.46. The summed E-state index contributed by atoms with van der Waals surface area (Å²) in [5.41, 5.74) is 1.83. The van der Waals surface area contributed by atoms with Crippen LogP contribution in [-0.2, 0) is 21.2 Å². The van der Waals surface area contributed by atoms with E-state index in [2.05, 4.69) is 20.0 Å². The lowest BCUT2D eigenvalue weighted by Gasteiger charge is -2.10. The Balaban J connectivity index is 1.35. The van der Waals surface area contributed by atoms with E-state index in [0.717, 1.165) is 24.8 Å². The average molecular weight is 453 g/mol. The molecule has 32 heavy (non-hydrogen) atoms. The van der Waals surface area contributed by atoms with Crippen molar-refractivity contribution in [3.05, 3.63) is 66.6 Å². The van der Waals surface area contributed by atoms with Gasteiger partial charge < -0.3 is 9.73 Å². The number of amidine groups is 1. The number of sulfonamides is 1. The number of carbonyl (C=O) groups is 1. The molecule has 0 radical (unpaired) electrons. The van der Waals surface area contributed by atoms with Crippen LogP contribution in [0.15, 0.2) is 75.2 Å². The number of aromatic nitrogens is 1. The van der Waals surface area contributed by atoms with Gasteiger partial charge in [-0.3, -0.25) is 14.5 Å². The molecule has 1 aromatic heterocycles. The number of rotatable bonds is 6. The summed E-state index contributed by atoms with van der Waals surface area (Å²) in [6.45, 7) is 0.640. The average Bonchev–Trinajstić information content (AvgIpc) is 3.10. The first-order valence-corrected chi connectivity index (χ1v) is 11.9. The lowest BCUT2D eigenvalue weighted by atomic mass is 10.2. The van der Waals surface area contributed by atoms with Gasteiger partial charge in [-0.25, -0.2) is 13.4 Å². The normalized spacial score (nSPS) is 14.3. The van der Waals surface area contributed by atoms with Crippen LogP contribution in [0.25, 0.3) is 11.5 Å². The molecule has 2 aromatic carbocycles. The van der Waals surface area contributed by atoms with Crippen LogP contribution >= 0.6 is 0 Å². The van der Waals surface area contributed by atoms with Crippen LogP contribution in [0.1, 0.15) is 31.4 Å². The maximum atomic E-state index is 12.6. The molecule has 1 aliphatic rings. The van der Waals surface area contributed by atoms with Crippen molar-refractivity contribution in [3.8, 4) is 11.5 Å². The highest BCUT2D eigenvalue weighted by molar-refractivity contribution is 7.90. The van der Waals surface area contributed by atoms with Crippen LogP contribution in [0.5, 0.6) is 0 Å². The molecule has 2 heterocycles. The Labute approximate surface area is 186 Å². The summed E-state index contributed by atoms with van der Waals surface area (Å²) < 4.78 is 33.2. The molecule has 0 atom stereocenters. The number of oxazole rings is 1. The number of nitrogens with one attached hydrogen (secondary N) is 2. The number of hydrogen-bond donors (Lipinski definition) is 2. The Morgan fingerprint density at radius 3 is 2.56 bits per heavy atom. The Kier molecular flexibility index (Phi) is 6.65. The van der Waals surface area contributed by atoms with Crippen molar-refractivity contribution >= 4 is 27.5 Å². The highest BCUT2D eigenvalue weighted by atomic mass is 32.2. The predicted molar refractivity (Wildman–Crippen MR) is 122 cm³/mol. The molecule has 0 fully saturated rings.